The molecule has 4 rings (SSSR count). The molecule has 2 aliphatic rings. The molecular weight excluding hydrogens is 529 g/mol. The maximum Gasteiger partial charge on any atom is 0.410 e. The van der Waals surface area contributed by atoms with Crippen LogP contribution in [0.3, 0.4) is 0 Å². The molecule has 10 nitrogen and oxygen atoms in total. The van der Waals surface area contributed by atoms with Crippen LogP contribution in [0.4, 0.5) is 32.6 Å². The number of amides is 4. The maximum absolute atomic E-state index is 13.8. The van der Waals surface area contributed by atoms with Gasteiger partial charge in [0, 0.05) is 32.3 Å². The zero-order valence-corrected chi connectivity index (χ0v) is 21.1. The summed E-state index contributed by atoms with van der Waals surface area (Å²) in [4.78, 5) is 43.5. The Bertz CT molecular complexity index is 1220. The van der Waals surface area contributed by atoms with Gasteiger partial charge in [0.1, 0.15) is 23.6 Å². The average molecular weight is 558 g/mol. The van der Waals surface area contributed by atoms with Gasteiger partial charge >= 0.3 is 12.2 Å². The van der Waals surface area contributed by atoms with Gasteiger partial charge < -0.3 is 20.9 Å². The van der Waals surface area contributed by atoms with E-state index in [1.54, 1.807) is 14.0 Å². The molecule has 3 N–H and O–H groups in total. The Morgan fingerprint density at radius 1 is 1.18 bits per heavy atom. The van der Waals surface area contributed by atoms with Crippen LogP contribution in [0.25, 0.3) is 0 Å². The lowest BCUT2D eigenvalue weighted by Crippen LogP contribution is -2.50. The molecule has 4 amide bonds. The second kappa shape index (κ2) is 10.8. The van der Waals surface area contributed by atoms with E-state index in [1.807, 2.05) is 5.32 Å². The Morgan fingerprint density at radius 3 is 2.46 bits per heavy atom. The lowest BCUT2D eigenvalue weighted by atomic mass is 9.81. The van der Waals surface area contributed by atoms with Crippen molar-refractivity contribution >= 4 is 23.7 Å². The largest absolute Gasteiger partial charge is 0.410 e. The fourth-order valence-electron chi connectivity index (χ4n) is 4.84. The molecule has 1 saturated carbocycles. The van der Waals surface area contributed by atoms with Crippen LogP contribution in [0.5, 0.6) is 0 Å². The highest BCUT2D eigenvalue weighted by Gasteiger charge is 2.48. The van der Waals surface area contributed by atoms with E-state index in [0.29, 0.717) is 5.56 Å². The van der Waals surface area contributed by atoms with Crippen LogP contribution in [-0.4, -0.2) is 68.2 Å². The Hall–Kier alpha value is -3.78. The molecular formula is C24H28F5N7O3. The zero-order chi connectivity index (χ0) is 28.5. The number of urea groups is 1. The Morgan fingerprint density at radius 2 is 1.87 bits per heavy atom. The van der Waals surface area contributed by atoms with Crippen molar-refractivity contribution in [3.05, 3.63) is 41.9 Å². The van der Waals surface area contributed by atoms with Crippen molar-refractivity contribution in [1.29, 1.82) is 0 Å². The van der Waals surface area contributed by atoms with Crippen molar-refractivity contribution < 1.29 is 36.3 Å². The summed E-state index contributed by atoms with van der Waals surface area (Å²) in [5.41, 5.74) is 0.579. The van der Waals surface area contributed by atoms with Crippen LogP contribution in [0.1, 0.15) is 54.7 Å². The smallest absolute Gasteiger partial charge is 0.339 e. The van der Waals surface area contributed by atoms with E-state index >= 15 is 0 Å². The van der Waals surface area contributed by atoms with Crippen LogP contribution in [0, 0.1) is 5.92 Å². The van der Waals surface area contributed by atoms with E-state index in [2.05, 4.69) is 20.7 Å². The first kappa shape index (κ1) is 28.2. The Balaban J connectivity index is 1.50. The minimum Gasteiger partial charge on any atom is -0.339 e. The summed E-state index contributed by atoms with van der Waals surface area (Å²) in [7, 11) is 1.54. The number of alkyl halides is 5. The first-order chi connectivity index (χ1) is 18.2. The minimum absolute atomic E-state index is 0.00565. The first-order valence-electron chi connectivity index (χ1n) is 12.3. The molecule has 3 heterocycles. The molecule has 2 aromatic heterocycles. The van der Waals surface area contributed by atoms with Gasteiger partial charge in [-0.25, -0.2) is 18.6 Å². The predicted octanol–water partition coefficient (Wildman–Crippen LogP) is 3.39. The van der Waals surface area contributed by atoms with Crippen molar-refractivity contribution in [1.82, 2.24) is 30.3 Å². The normalized spacial score (nSPS) is 21.3. The molecule has 0 aromatic carbocycles. The number of aromatic nitrogens is 3. The quantitative estimate of drug-likeness (QED) is 0.451. The standard InChI is InChI=1S/C24H28F5N7O3/c1-13(36-12-17(24(27,28)29)32-22(36)39)15-5-9-30-18(11-15)33-21(38)19(14-3-7-23(25,26)8-4-14)34-20(37)16-6-10-31-35(16)2/h5-6,9-11,13-14,17,19H,3-4,7-8,12H2,1-2H3,(H,32,39)(H,34,37)(H,30,33,38)/t13?,17-,19-/m0/s1. The van der Waals surface area contributed by atoms with Gasteiger partial charge in [0.2, 0.25) is 11.8 Å². The van der Waals surface area contributed by atoms with Gasteiger partial charge in [0.25, 0.3) is 5.91 Å². The second-order valence-corrected chi connectivity index (χ2v) is 9.82. The number of carbonyl (C=O) groups is 3. The summed E-state index contributed by atoms with van der Waals surface area (Å²) in [6.07, 6.45) is -2.71. The lowest BCUT2D eigenvalue weighted by Gasteiger charge is -2.33. The number of pyridine rings is 1. The molecule has 1 unspecified atom stereocenters. The third-order valence-electron chi connectivity index (χ3n) is 7.17. The maximum atomic E-state index is 13.8. The highest BCUT2D eigenvalue weighted by molar-refractivity contribution is 6.00. The van der Waals surface area contributed by atoms with Crippen LogP contribution in [-0.2, 0) is 11.8 Å². The van der Waals surface area contributed by atoms with Crippen molar-refractivity contribution in [2.75, 3.05) is 11.9 Å². The number of hydrogen-bond acceptors (Lipinski definition) is 5. The zero-order valence-electron chi connectivity index (χ0n) is 21.1. The van der Waals surface area contributed by atoms with Crippen molar-refractivity contribution in [3.63, 3.8) is 0 Å². The summed E-state index contributed by atoms with van der Waals surface area (Å²) in [5.74, 6) is -4.69. The molecule has 0 spiro atoms. The molecule has 3 atom stereocenters. The molecule has 2 fully saturated rings. The fourth-order valence-corrected chi connectivity index (χ4v) is 4.84. The number of aryl methyl sites for hydroxylation is 1. The summed E-state index contributed by atoms with van der Waals surface area (Å²) < 4.78 is 68.1. The van der Waals surface area contributed by atoms with Gasteiger partial charge in [-0.15, -0.1) is 0 Å². The molecule has 1 aliphatic carbocycles. The van der Waals surface area contributed by atoms with Gasteiger partial charge in [-0.2, -0.15) is 18.3 Å². The van der Waals surface area contributed by atoms with Gasteiger partial charge in [-0.05, 0) is 49.4 Å². The number of carbonyl (C=O) groups excluding carboxylic acids is 3. The van der Waals surface area contributed by atoms with Crippen molar-refractivity contribution in [2.24, 2.45) is 13.0 Å². The SMILES string of the molecule is CC(c1ccnc(NC(=O)[C@@H](NC(=O)c2ccnn2C)C2CCC(F)(F)CC2)c1)N1C[C@@H](C(F)(F)F)NC1=O. The molecule has 1 saturated heterocycles. The second-order valence-electron chi connectivity index (χ2n) is 9.82. The lowest BCUT2D eigenvalue weighted by molar-refractivity contribution is -0.150. The van der Waals surface area contributed by atoms with E-state index in [-0.39, 0.29) is 24.4 Å². The highest BCUT2D eigenvalue weighted by atomic mass is 19.4. The summed E-state index contributed by atoms with van der Waals surface area (Å²) in [6.45, 7) is 0.959. The molecule has 2 aromatic rings. The third-order valence-corrected chi connectivity index (χ3v) is 7.17. The monoisotopic (exact) mass is 557 g/mol. The van der Waals surface area contributed by atoms with E-state index in [4.69, 9.17) is 0 Å². The molecule has 0 radical (unpaired) electrons. The predicted molar refractivity (Wildman–Crippen MR) is 128 cm³/mol. The number of nitrogens with one attached hydrogen (secondary N) is 3. The van der Waals surface area contributed by atoms with Crippen molar-refractivity contribution in [2.45, 2.75) is 62.8 Å². The summed E-state index contributed by atoms with van der Waals surface area (Å²) in [5, 5.41) is 11.0. The third kappa shape index (κ3) is 6.45. The van der Waals surface area contributed by atoms with Crippen LogP contribution in [0.15, 0.2) is 30.6 Å². The molecule has 39 heavy (non-hydrogen) atoms. The highest BCUT2D eigenvalue weighted by Crippen LogP contribution is 2.38. The Labute approximate surface area is 220 Å². The number of hydrogen-bond donors (Lipinski definition) is 3. The number of halogens is 5. The van der Waals surface area contributed by atoms with Crippen LogP contribution in [0.2, 0.25) is 0 Å². The Kier molecular flexibility index (Phi) is 7.80. The van der Waals surface area contributed by atoms with E-state index in [9.17, 15) is 36.3 Å². The molecule has 1 aliphatic heterocycles. The van der Waals surface area contributed by atoms with Crippen LogP contribution >= 0.6 is 0 Å². The van der Waals surface area contributed by atoms with Gasteiger partial charge in [0.05, 0.1) is 12.6 Å². The number of nitrogens with zero attached hydrogens (tertiary/aromatic N) is 4. The minimum atomic E-state index is -4.60. The van der Waals surface area contributed by atoms with Gasteiger partial charge in [-0.1, -0.05) is 0 Å². The average Bonchev–Trinajstić information content (AvgIpc) is 3.48. The first-order valence-corrected chi connectivity index (χ1v) is 12.3. The van der Waals surface area contributed by atoms with E-state index < -0.39 is 73.4 Å². The summed E-state index contributed by atoms with van der Waals surface area (Å²) >= 11 is 0. The van der Waals surface area contributed by atoms with Crippen molar-refractivity contribution in [3.8, 4) is 0 Å². The van der Waals surface area contributed by atoms with Crippen LogP contribution < -0.4 is 16.0 Å². The van der Waals surface area contributed by atoms with E-state index in [1.165, 1.54) is 35.3 Å². The fraction of sp³-hybridized carbons (Fsp3) is 0.542. The topological polar surface area (TPSA) is 121 Å². The van der Waals surface area contributed by atoms with Gasteiger partial charge in [0.15, 0.2) is 0 Å². The van der Waals surface area contributed by atoms with E-state index in [0.717, 1.165) is 4.90 Å². The molecule has 15 heteroatoms. The number of rotatable bonds is 7. The summed E-state index contributed by atoms with van der Waals surface area (Å²) in [6, 6.07) is -0.464. The van der Waals surface area contributed by atoms with Gasteiger partial charge in [-0.3, -0.25) is 14.3 Å². The molecule has 0 bridgehead atoms. The number of anilines is 1. The molecule has 212 valence electrons.